The van der Waals surface area contributed by atoms with E-state index in [-0.39, 0.29) is 5.41 Å². The topological polar surface area (TPSA) is 64.3 Å². The number of ether oxygens (including phenoxy) is 1. The number of hydrogen-bond donors (Lipinski definition) is 0. The highest BCUT2D eigenvalue weighted by atomic mass is 16.5. The number of aromatic nitrogens is 3. The van der Waals surface area contributed by atoms with E-state index >= 15 is 0 Å². The quantitative estimate of drug-likeness (QED) is 0.812. The minimum Gasteiger partial charge on any atom is -0.492 e. The Kier molecular flexibility index (Phi) is 4.47. The third-order valence-corrected chi connectivity index (χ3v) is 5.33. The Morgan fingerprint density at radius 2 is 2.08 bits per heavy atom. The van der Waals surface area contributed by atoms with Crippen LogP contribution >= 0.6 is 0 Å². The average Bonchev–Trinajstić information content (AvgIpc) is 3.15. The highest BCUT2D eigenvalue weighted by Gasteiger charge is 2.30. The van der Waals surface area contributed by atoms with E-state index in [1.165, 1.54) is 31.2 Å². The molecule has 26 heavy (non-hydrogen) atoms. The highest BCUT2D eigenvalue weighted by molar-refractivity contribution is 5.53. The Morgan fingerprint density at radius 1 is 1.27 bits per heavy atom. The first-order valence-corrected chi connectivity index (χ1v) is 9.59. The maximum atomic E-state index is 6.26. The van der Waals surface area contributed by atoms with Gasteiger partial charge >= 0.3 is 0 Å². The van der Waals surface area contributed by atoms with Crippen molar-refractivity contribution in [2.45, 2.75) is 63.8 Å². The normalized spacial score (nSPS) is 21.3. The molecule has 1 atom stereocenters. The van der Waals surface area contributed by atoms with Crippen molar-refractivity contribution in [3.63, 3.8) is 0 Å². The molecule has 0 amide bonds. The molecular formula is C20H28N4O2. The minimum atomic E-state index is -0.151. The first-order chi connectivity index (χ1) is 12.4. The predicted octanol–water partition coefficient (Wildman–Crippen LogP) is 3.78. The van der Waals surface area contributed by atoms with Crippen molar-refractivity contribution in [3.8, 4) is 17.3 Å². The van der Waals surface area contributed by atoms with Crippen LogP contribution in [0.3, 0.4) is 0 Å². The zero-order valence-corrected chi connectivity index (χ0v) is 16.2. The number of likely N-dealkylation sites (N-methyl/N-ethyl adjacent to an activating group) is 1. The molecule has 1 aliphatic carbocycles. The van der Waals surface area contributed by atoms with Gasteiger partial charge in [-0.15, -0.1) is 0 Å². The highest BCUT2D eigenvalue weighted by Crippen LogP contribution is 2.44. The smallest absolute Gasteiger partial charge is 0.276 e. The van der Waals surface area contributed by atoms with Gasteiger partial charge in [0.25, 0.3) is 5.89 Å². The third kappa shape index (κ3) is 3.61. The predicted molar refractivity (Wildman–Crippen MR) is 99.4 cm³/mol. The molecule has 0 bridgehead atoms. The van der Waals surface area contributed by atoms with Crippen molar-refractivity contribution in [2.24, 2.45) is 0 Å². The van der Waals surface area contributed by atoms with Gasteiger partial charge in [0, 0.05) is 29.3 Å². The van der Waals surface area contributed by atoms with Gasteiger partial charge < -0.3 is 14.2 Å². The van der Waals surface area contributed by atoms with E-state index in [1.807, 2.05) is 12.3 Å². The molecule has 4 rings (SSSR count). The third-order valence-electron chi connectivity index (χ3n) is 5.33. The van der Waals surface area contributed by atoms with Crippen LogP contribution in [0.15, 0.2) is 16.8 Å². The molecule has 1 saturated heterocycles. The van der Waals surface area contributed by atoms with E-state index in [9.17, 15) is 0 Å². The molecule has 0 radical (unpaired) electrons. The fourth-order valence-corrected chi connectivity index (χ4v) is 3.40. The molecule has 1 unspecified atom stereocenters. The summed E-state index contributed by atoms with van der Waals surface area (Å²) in [5.74, 6) is 2.66. The van der Waals surface area contributed by atoms with E-state index in [0.29, 0.717) is 29.4 Å². The second kappa shape index (κ2) is 6.65. The minimum absolute atomic E-state index is 0.151. The van der Waals surface area contributed by atoms with Gasteiger partial charge in [-0.3, -0.25) is 4.98 Å². The standard InChI is InChI=1S/C20H28N4O2/c1-20(2,3)19-22-18(26-23-19)16-10-17(15(11-21-16)13-7-8-13)25-12-14-6-5-9-24(14)4/h10-11,13-14H,5-9,12H2,1-4H3. The van der Waals surface area contributed by atoms with Gasteiger partial charge in [0.2, 0.25) is 0 Å². The lowest BCUT2D eigenvalue weighted by Gasteiger charge is -2.20. The van der Waals surface area contributed by atoms with Crippen molar-refractivity contribution >= 4 is 0 Å². The Morgan fingerprint density at radius 3 is 2.69 bits per heavy atom. The van der Waals surface area contributed by atoms with Crippen molar-refractivity contribution < 1.29 is 9.26 Å². The van der Waals surface area contributed by atoms with Crippen LogP contribution in [-0.4, -0.2) is 46.3 Å². The number of hydrogen-bond acceptors (Lipinski definition) is 6. The molecule has 2 aliphatic rings. The molecule has 2 aromatic heterocycles. The first-order valence-electron chi connectivity index (χ1n) is 9.59. The average molecular weight is 356 g/mol. The van der Waals surface area contributed by atoms with Gasteiger partial charge in [-0.1, -0.05) is 25.9 Å². The van der Waals surface area contributed by atoms with Crippen molar-refractivity contribution in [1.82, 2.24) is 20.0 Å². The molecule has 1 aliphatic heterocycles. The zero-order chi connectivity index (χ0) is 18.3. The maximum absolute atomic E-state index is 6.26. The molecule has 2 fully saturated rings. The molecule has 2 aromatic rings. The Bertz CT molecular complexity index is 776. The SMILES string of the molecule is CN1CCCC1COc1cc(-c2nc(C(C)(C)C)no2)ncc1C1CC1. The van der Waals surface area contributed by atoms with E-state index < -0.39 is 0 Å². The van der Waals surface area contributed by atoms with Crippen LogP contribution in [-0.2, 0) is 5.41 Å². The maximum Gasteiger partial charge on any atom is 0.276 e. The fourth-order valence-electron chi connectivity index (χ4n) is 3.40. The van der Waals surface area contributed by atoms with Gasteiger partial charge in [-0.05, 0) is 45.2 Å². The van der Waals surface area contributed by atoms with Crippen molar-refractivity contribution in [3.05, 3.63) is 23.7 Å². The van der Waals surface area contributed by atoms with E-state index in [2.05, 4.69) is 47.8 Å². The molecule has 6 heteroatoms. The van der Waals surface area contributed by atoms with Crippen LogP contribution in [0.2, 0.25) is 0 Å². The van der Waals surface area contributed by atoms with Crippen LogP contribution in [0, 0.1) is 0 Å². The van der Waals surface area contributed by atoms with Crippen LogP contribution < -0.4 is 4.74 Å². The van der Waals surface area contributed by atoms with Crippen LogP contribution in [0.25, 0.3) is 11.6 Å². The summed E-state index contributed by atoms with van der Waals surface area (Å²) >= 11 is 0. The van der Waals surface area contributed by atoms with Crippen molar-refractivity contribution in [1.29, 1.82) is 0 Å². The lowest BCUT2D eigenvalue weighted by Crippen LogP contribution is -2.30. The second-order valence-corrected chi connectivity index (χ2v) is 8.64. The summed E-state index contributed by atoms with van der Waals surface area (Å²) in [6.07, 6.45) is 6.82. The summed E-state index contributed by atoms with van der Waals surface area (Å²) in [7, 11) is 2.17. The molecular weight excluding hydrogens is 328 g/mol. The molecule has 6 nitrogen and oxygen atoms in total. The number of rotatable bonds is 5. The molecule has 0 spiro atoms. The molecule has 140 valence electrons. The summed E-state index contributed by atoms with van der Waals surface area (Å²) in [5.41, 5.74) is 1.75. The second-order valence-electron chi connectivity index (χ2n) is 8.64. The van der Waals surface area contributed by atoms with Gasteiger partial charge in [-0.25, -0.2) is 0 Å². The first kappa shape index (κ1) is 17.5. The van der Waals surface area contributed by atoms with Crippen LogP contribution in [0.1, 0.15) is 63.8 Å². The van der Waals surface area contributed by atoms with Gasteiger partial charge in [0.05, 0.1) is 0 Å². The Balaban J connectivity index is 1.57. The Hall–Kier alpha value is -1.95. The van der Waals surface area contributed by atoms with E-state index in [4.69, 9.17) is 9.26 Å². The summed E-state index contributed by atoms with van der Waals surface area (Å²) in [6.45, 7) is 8.08. The number of pyridine rings is 1. The number of likely N-dealkylation sites (tertiary alicyclic amines) is 1. The summed E-state index contributed by atoms with van der Waals surface area (Å²) < 4.78 is 11.7. The van der Waals surface area contributed by atoms with E-state index in [0.717, 1.165) is 18.9 Å². The monoisotopic (exact) mass is 356 g/mol. The summed E-state index contributed by atoms with van der Waals surface area (Å²) in [4.78, 5) is 11.5. The molecule has 3 heterocycles. The zero-order valence-electron chi connectivity index (χ0n) is 16.2. The molecule has 1 saturated carbocycles. The summed E-state index contributed by atoms with van der Waals surface area (Å²) in [6, 6.07) is 2.47. The van der Waals surface area contributed by atoms with Crippen molar-refractivity contribution in [2.75, 3.05) is 20.2 Å². The van der Waals surface area contributed by atoms with Gasteiger partial charge in [0.1, 0.15) is 18.1 Å². The number of nitrogens with zero attached hydrogens (tertiary/aromatic N) is 4. The van der Waals surface area contributed by atoms with Gasteiger partial charge in [0.15, 0.2) is 5.82 Å². The van der Waals surface area contributed by atoms with Crippen LogP contribution in [0.5, 0.6) is 5.75 Å². The van der Waals surface area contributed by atoms with Gasteiger partial charge in [-0.2, -0.15) is 4.98 Å². The lowest BCUT2D eigenvalue weighted by atomic mass is 9.96. The van der Waals surface area contributed by atoms with E-state index in [1.54, 1.807) is 0 Å². The summed E-state index contributed by atoms with van der Waals surface area (Å²) in [5, 5.41) is 4.11. The fraction of sp³-hybridized carbons (Fsp3) is 0.650. The Labute approximate surface area is 154 Å². The lowest BCUT2D eigenvalue weighted by molar-refractivity contribution is 0.197. The molecule has 0 N–H and O–H groups in total. The molecule has 0 aromatic carbocycles. The van der Waals surface area contributed by atoms with Crippen LogP contribution in [0.4, 0.5) is 0 Å². The largest absolute Gasteiger partial charge is 0.492 e.